The molecule has 3 nitrogen and oxygen atoms in total. The van der Waals surface area contributed by atoms with Gasteiger partial charge in [0.25, 0.3) is 0 Å². The molecule has 0 aromatic rings. The molecule has 2 bridgehead atoms. The molecule has 0 aromatic heterocycles. The number of hydrogen-bond acceptors (Lipinski definition) is 3. The van der Waals surface area contributed by atoms with Gasteiger partial charge in [-0.25, -0.2) is 0 Å². The topological polar surface area (TPSA) is 35.5 Å². The van der Waals surface area contributed by atoms with E-state index in [9.17, 15) is 4.79 Å². The maximum Gasteiger partial charge on any atom is 0.311 e. The van der Waals surface area contributed by atoms with Gasteiger partial charge in [0.1, 0.15) is 0 Å². The fourth-order valence-corrected chi connectivity index (χ4v) is 5.73. The Morgan fingerprint density at radius 1 is 1.09 bits per heavy atom. The van der Waals surface area contributed by atoms with Crippen LogP contribution in [0.1, 0.15) is 78.6 Å². The third-order valence-electron chi connectivity index (χ3n) is 7.26. The molecular weight excluding hydrogens is 288 g/mol. The van der Waals surface area contributed by atoms with Gasteiger partial charge in [0, 0.05) is 0 Å². The van der Waals surface area contributed by atoms with Crippen LogP contribution in [0.3, 0.4) is 0 Å². The van der Waals surface area contributed by atoms with E-state index in [2.05, 4.69) is 20.8 Å². The Morgan fingerprint density at radius 3 is 2.48 bits per heavy atom. The first-order chi connectivity index (χ1) is 11.1. The molecule has 6 unspecified atom stereocenters. The van der Waals surface area contributed by atoms with Gasteiger partial charge >= 0.3 is 5.97 Å². The highest BCUT2D eigenvalue weighted by Crippen LogP contribution is 2.54. The van der Waals surface area contributed by atoms with Crippen molar-refractivity contribution in [3.8, 4) is 0 Å². The van der Waals surface area contributed by atoms with Crippen molar-refractivity contribution in [1.29, 1.82) is 0 Å². The van der Waals surface area contributed by atoms with Gasteiger partial charge in [-0.15, -0.1) is 0 Å². The number of hydrogen-bond donors (Lipinski definition) is 0. The number of ether oxygens (including phenoxy) is 2. The van der Waals surface area contributed by atoms with Crippen molar-refractivity contribution in [2.24, 2.45) is 29.6 Å². The summed E-state index contributed by atoms with van der Waals surface area (Å²) in [6.07, 6.45) is 10.7. The molecule has 3 heteroatoms. The van der Waals surface area contributed by atoms with Crippen molar-refractivity contribution >= 4 is 5.97 Å². The second kappa shape index (κ2) is 7.13. The van der Waals surface area contributed by atoms with Gasteiger partial charge in [-0.3, -0.25) is 4.79 Å². The van der Waals surface area contributed by atoms with Crippen LogP contribution in [-0.4, -0.2) is 18.4 Å². The van der Waals surface area contributed by atoms with Crippen molar-refractivity contribution in [3.63, 3.8) is 0 Å². The summed E-state index contributed by atoms with van der Waals surface area (Å²) >= 11 is 0. The van der Waals surface area contributed by atoms with Gasteiger partial charge in [0.2, 0.25) is 0 Å². The first kappa shape index (κ1) is 17.3. The van der Waals surface area contributed by atoms with Gasteiger partial charge in [-0.2, -0.15) is 0 Å². The van der Waals surface area contributed by atoms with Crippen LogP contribution < -0.4 is 0 Å². The second-order valence-electron chi connectivity index (χ2n) is 8.24. The van der Waals surface area contributed by atoms with Crippen LogP contribution in [0.15, 0.2) is 0 Å². The lowest BCUT2D eigenvalue weighted by Gasteiger charge is -2.36. The lowest BCUT2D eigenvalue weighted by molar-refractivity contribution is -0.187. The minimum atomic E-state index is -0.0118. The van der Waals surface area contributed by atoms with E-state index in [0.717, 1.165) is 25.2 Å². The van der Waals surface area contributed by atoms with E-state index in [1.807, 2.05) is 0 Å². The summed E-state index contributed by atoms with van der Waals surface area (Å²) in [6, 6.07) is 0. The van der Waals surface area contributed by atoms with E-state index in [1.54, 1.807) is 0 Å². The fraction of sp³-hybridized carbons (Fsp3) is 0.950. The second-order valence-corrected chi connectivity index (χ2v) is 8.24. The lowest BCUT2D eigenvalue weighted by atomic mass is 9.82. The summed E-state index contributed by atoms with van der Waals surface area (Å²) in [5.41, 5.74) is -0.00498. The smallest absolute Gasteiger partial charge is 0.311 e. The van der Waals surface area contributed by atoms with E-state index in [0.29, 0.717) is 17.8 Å². The largest absolute Gasteiger partial charge is 0.438 e. The Morgan fingerprint density at radius 2 is 1.91 bits per heavy atom. The molecule has 23 heavy (non-hydrogen) atoms. The molecule has 0 radical (unpaired) electrons. The Kier molecular flexibility index (Phi) is 5.35. The van der Waals surface area contributed by atoms with Crippen LogP contribution in [0.4, 0.5) is 0 Å². The number of carbonyl (C=O) groups excluding carboxylic acids is 1. The summed E-state index contributed by atoms with van der Waals surface area (Å²) in [7, 11) is 0. The first-order valence-electron chi connectivity index (χ1n) is 9.92. The van der Waals surface area contributed by atoms with E-state index in [1.165, 1.54) is 38.5 Å². The summed E-state index contributed by atoms with van der Waals surface area (Å²) in [6.45, 7) is 6.81. The zero-order valence-electron chi connectivity index (χ0n) is 15.2. The maximum atomic E-state index is 12.5. The van der Waals surface area contributed by atoms with Gasteiger partial charge < -0.3 is 9.47 Å². The summed E-state index contributed by atoms with van der Waals surface area (Å²) in [5, 5.41) is 0. The molecule has 0 N–H and O–H groups in total. The number of fused-ring (bicyclic) bond motifs is 2. The Bertz CT molecular complexity index is 421. The highest BCUT2D eigenvalue weighted by atomic mass is 16.7. The average Bonchev–Trinajstić information content (AvgIpc) is 3.28. The quantitative estimate of drug-likeness (QED) is 0.492. The number of rotatable bonds is 7. The zero-order valence-corrected chi connectivity index (χ0v) is 15.2. The van der Waals surface area contributed by atoms with Crippen LogP contribution in [0.2, 0.25) is 0 Å². The highest BCUT2D eigenvalue weighted by molar-refractivity contribution is 5.73. The van der Waals surface area contributed by atoms with Crippen LogP contribution in [-0.2, 0) is 14.3 Å². The molecular formula is C20H34O3. The van der Waals surface area contributed by atoms with E-state index in [-0.39, 0.29) is 24.3 Å². The minimum absolute atomic E-state index is 0.00498. The summed E-state index contributed by atoms with van der Waals surface area (Å²) in [5.74, 6) is 2.84. The van der Waals surface area contributed by atoms with Crippen molar-refractivity contribution < 1.29 is 14.3 Å². The third-order valence-corrected chi connectivity index (χ3v) is 7.26. The molecule has 0 heterocycles. The monoisotopic (exact) mass is 322 g/mol. The van der Waals surface area contributed by atoms with Crippen molar-refractivity contribution in [3.05, 3.63) is 0 Å². The fourth-order valence-electron chi connectivity index (χ4n) is 5.73. The van der Waals surface area contributed by atoms with Gasteiger partial charge in [-0.1, -0.05) is 33.6 Å². The van der Waals surface area contributed by atoms with Gasteiger partial charge in [-0.05, 0) is 68.6 Å². The maximum absolute atomic E-state index is 12.5. The summed E-state index contributed by atoms with van der Waals surface area (Å²) < 4.78 is 11.8. The lowest BCUT2D eigenvalue weighted by Crippen LogP contribution is -2.39. The minimum Gasteiger partial charge on any atom is -0.438 e. The number of carbonyl (C=O) groups is 1. The predicted molar refractivity (Wildman–Crippen MR) is 90.8 cm³/mol. The molecule has 0 aliphatic heterocycles. The molecule has 0 saturated heterocycles. The van der Waals surface area contributed by atoms with Gasteiger partial charge in [0.15, 0.2) is 6.79 Å². The highest BCUT2D eigenvalue weighted by Gasteiger charge is 2.51. The number of esters is 1. The van der Waals surface area contributed by atoms with Crippen molar-refractivity contribution in [2.75, 3.05) is 6.79 Å². The molecule has 3 rings (SSSR count). The van der Waals surface area contributed by atoms with E-state index in [4.69, 9.17) is 9.47 Å². The molecule has 3 fully saturated rings. The molecule has 132 valence electrons. The van der Waals surface area contributed by atoms with Crippen molar-refractivity contribution in [1.82, 2.24) is 0 Å². The average molecular weight is 322 g/mol. The molecule has 0 amide bonds. The Hall–Kier alpha value is -0.570. The van der Waals surface area contributed by atoms with Gasteiger partial charge in [0.05, 0.1) is 11.5 Å². The van der Waals surface area contributed by atoms with Crippen LogP contribution in [0.5, 0.6) is 0 Å². The Balaban J connectivity index is 1.49. The van der Waals surface area contributed by atoms with Crippen molar-refractivity contribution in [2.45, 2.75) is 84.2 Å². The SMILES string of the molecule is CCC1CC(CC)C(C(=O)OCOC2(CC)CC3CCC2C3)C1. The molecule has 3 aliphatic carbocycles. The molecule has 3 aliphatic rings. The molecule has 3 saturated carbocycles. The normalized spacial score (nSPS) is 42.3. The standard InChI is InChI=1S/C20H34O3/c1-4-14-9-16(5-2)18(11-14)19(21)22-13-23-20(6-3)12-15-7-8-17(20)10-15/h14-18H,4-13H2,1-3H3. The third kappa shape index (κ3) is 3.31. The van der Waals surface area contributed by atoms with Crippen LogP contribution in [0.25, 0.3) is 0 Å². The van der Waals surface area contributed by atoms with E-state index >= 15 is 0 Å². The van der Waals surface area contributed by atoms with Crippen LogP contribution >= 0.6 is 0 Å². The van der Waals surface area contributed by atoms with E-state index < -0.39 is 0 Å². The first-order valence-corrected chi connectivity index (χ1v) is 9.92. The molecule has 0 spiro atoms. The Labute approximate surface area is 141 Å². The zero-order chi connectivity index (χ0) is 16.4. The predicted octanol–water partition coefficient (Wildman–Crippen LogP) is 4.93. The summed E-state index contributed by atoms with van der Waals surface area (Å²) in [4.78, 5) is 12.5. The molecule has 6 atom stereocenters. The van der Waals surface area contributed by atoms with Crippen LogP contribution in [0, 0.1) is 29.6 Å². The molecule has 0 aromatic carbocycles.